The van der Waals surface area contributed by atoms with Crippen molar-refractivity contribution in [3.63, 3.8) is 0 Å². The maximum atomic E-state index is 10.1. The van der Waals surface area contributed by atoms with Crippen molar-refractivity contribution in [1.29, 1.82) is 0 Å². The first kappa shape index (κ1) is 5.43. The molecule has 1 rings (SSSR count). The van der Waals surface area contributed by atoms with Gasteiger partial charge in [0.25, 0.3) is 5.43 Å². The van der Waals surface area contributed by atoms with Crippen LogP contribution >= 0.6 is 15.9 Å². The Morgan fingerprint density at radius 2 is 2.00 bits per heavy atom. The third kappa shape index (κ3) is 0.551. The summed E-state index contributed by atoms with van der Waals surface area (Å²) in [7, 11) is 0. The molecule has 0 spiro atoms. The quantitative estimate of drug-likeness (QED) is 0.467. The molecular formula is C3BrNO3. The van der Waals surface area contributed by atoms with Gasteiger partial charge in [-0.25, -0.2) is 0 Å². The van der Waals surface area contributed by atoms with Gasteiger partial charge >= 0.3 is 5.69 Å². The Hall–Kier alpha value is -0.710. The van der Waals surface area contributed by atoms with E-state index in [2.05, 4.69) is 15.9 Å². The van der Waals surface area contributed by atoms with Crippen LogP contribution in [0.3, 0.4) is 0 Å². The average Bonchev–Trinajstić information content (AvgIpc) is 2.15. The monoisotopic (exact) mass is 177 g/mol. The van der Waals surface area contributed by atoms with E-state index in [9.17, 15) is 14.9 Å². The Labute approximate surface area is 52.1 Å². The van der Waals surface area contributed by atoms with Crippen LogP contribution in [0, 0.1) is 10.1 Å². The molecule has 4 nitrogen and oxygen atoms in total. The highest BCUT2D eigenvalue weighted by molar-refractivity contribution is 9.10. The van der Waals surface area contributed by atoms with E-state index in [1.807, 2.05) is 0 Å². The highest BCUT2D eigenvalue weighted by Crippen LogP contribution is 2.24. The molecule has 0 heterocycles. The van der Waals surface area contributed by atoms with Gasteiger partial charge in [0, 0.05) is 0 Å². The van der Waals surface area contributed by atoms with Crippen LogP contribution in [0.2, 0.25) is 0 Å². The minimum Gasteiger partial charge on any atom is -0.281 e. The standard InChI is InChI=1S/C3BrNO3/c4-1-2(3(1)6)5(7)8. The molecule has 0 unspecified atom stereocenters. The molecule has 0 radical (unpaired) electrons. The number of nitrogens with zero attached hydrogens (tertiary/aromatic N) is 1. The zero-order valence-corrected chi connectivity index (χ0v) is 5.14. The second-order valence-electron chi connectivity index (χ2n) is 1.25. The first-order chi connectivity index (χ1) is 3.64. The highest BCUT2D eigenvalue weighted by atomic mass is 79.9. The van der Waals surface area contributed by atoms with Crippen molar-refractivity contribution in [3.8, 4) is 0 Å². The summed E-state index contributed by atoms with van der Waals surface area (Å²) in [4.78, 5) is 19.1. The van der Waals surface area contributed by atoms with Gasteiger partial charge in [-0.2, -0.15) is 0 Å². The first-order valence-electron chi connectivity index (χ1n) is 1.73. The fourth-order valence-corrected chi connectivity index (χ4v) is 0.717. The van der Waals surface area contributed by atoms with Crippen molar-refractivity contribution in [3.05, 3.63) is 24.8 Å². The summed E-state index contributed by atoms with van der Waals surface area (Å²) in [5, 5.41) is 9.68. The van der Waals surface area contributed by atoms with Crippen LogP contribution < -0.4 is 5.43 Å². The maximum absolute atomic E-state index is 10.1. The van der Waals surface area contributed by atoms with Crippen LogP contribution in [0.1, 0.15) is 0 Å². The summed E-state index contributed by atoms with van der Waals surface area (Å²) >= 11 is 2.70. The van der Waals surface area contributed by atoms with Gasteiger partial charge in [-0.1, -0.05) is 0 Å². The Kier molecular flexibility index (Phi) is 0.937. The fraction of sp³-hybridized carbons (Fsp3) is 0. The molecule has 0 bridgehead atoms. The summed E-state index contributed by atoms with van der Waals surface area (Å²) in [5.74, 6) is 0. The predicted molar refractivity (Wildman–Crippen MR) is 29.4 cm³/mol. The predicted octanol–water partition coefficient (Wildman–Crippen LogP) is 0.593. The van der Waals surface area contributed by atoms with Gasteiger partial charge in [-0.15, -0.1) is 0 Å². The van der Waals surface area contributed by atoms with Crippen LogP contribution in [-0.2, 0) is 0 Å². The molecule has 0 saturated heterocycles. The minimum absolute atomic E-state index is 0.0995. The van der Waals surface area contributed by atoms with Crippen molar-refractivity contribution in [1.82, 2.24) is 0 Å². The summed E-state index contributed by atoms with van der Waals surface area (Å²) in [6.45, 7) is 0. The number of hydrogen-bond donors (Lipinski definition) is 0. The van der Waals surface area contributed by atoms with E-state index in [0.717, 1.165) is 0 Å². The summed E-state index contributed by atoms with van der Waals surface area (Å²) < 4.78 is 0.0995. The van der Waals surface area contributed by atoms with E-state index < -0.39 is 10.4 Å². The Bertz CT molecular complexity index is 246. The van der Waals surface area contributed by atoms with E-state index in [-0.39, 0.29) is 10.2 Å². The van der Waals surface area contributed by atoms with Crippen molar-refractivity contribution in [2.75, 3.05) is 0 Å². The van der Waals surface area contributed by atoms with Gasteiger partial charge in [0.2, 0.25) is 0 Å². The second kappa shape index (κ2) is 1.38. The Morgan fingerprint density at radius 1 is 1.62 bits per heavy atom. The lowest BCUT2D eigenvalue weighted by molar-refractivity contribution is -0.381. The molecule has 0 atom stereocenters. The SMILES string of the molecule is O=c1c(Br)c1[N+](=O)[O-]. The van der Waals surface area contributed by atoms with Crippen LogP contribution in [0.25, 0.3) is 0 Å². The number of halogens is 1. The van der Waals surface area contributed by atoms with Crippen LogP contribution in [0.4, 0.5) is 5.69 Å². The van der Waals surface area contributed by atoms with Crippen LogP contribution in [0.15, 0.2) is 9.27 Å². The fourth-order valence-electron chi connectivity index (χ4n) is 0.303. The summed E-state index contributed by atoms with van der Waals surface area (Å²) in [6.07, 6.45) is 0. The largest absolute Gasteiger partial charge is 0.336 e. The van der Waals surface area contributed by atoms with Gasteiger partial charge in [0.15, 0.2) is 4.47 Å². The molecule has 0 aliphatic heterocycles. The Morgan fingerprint density at radius 3 is 2.00 bits per heavy atom. The van der Waals surface area contributed by atoms with Crippen LogP contribution in [-0.4, -0.2) is 4.92 Å². The van der Waals surface area contributed by atoms with E-state index >= 15 is 0 Å². The van der Waals surface area contributed by atoms with E-state index in [1.54, 1.807) is 0 Å². The van der Waals surface area contributed by atoms with Crippen LogP contribution in [0.5, 0.6) is 0 Å². The lowest BCUT2D eigenvalue weighted by Gasteiger charge is -1.69. The zero-order chi connectivity index (χ0) is 6.31. The molecule has 1 aromatic rings. The number of nitro groups is 1. The third-order valence-electron chi connectivity index (χ3n) is 0.742. The van der Waals surface area contributed by atoms with Crippen molar-refractivity contribution < 1.29 is 4.92 Å². The molecule has 0 amide bonds. The van der Waals surface area contributed by atoms with Gasteiger partial charge in [-0.3, -0.25) is 14.9 Å². The second-order valence-corrected chi connectivity index (χ2v) is 2.04. The molecule has 0 saturated carbocycles. The van der Waals surface area contributed by atoms with Gasteiger partial charge in [0.1, 0.15) is 0 Å². The number of hydrogen-bond acceptors (Lipinski definition) is 3. The topological polar surface area (TPSA) is 60.2 Å². The summed E-state index contributed by atoms with van der Waals surface area (Å²) in [6, 6.07) is 0. The van der Waals surface area contributed by atoms with E-state index in [1.165, 1.54) is 0 Å². The van der Waals surface area contributed by atoms with E-state index in [4.69, 9.17) is 0 Å². The molecule has 0 N–H and O–H groups in total. The highest BCUT2D eigenvalue weighted by Gasteiger charge is 2.32. The molecule has 1 aromatic carbocycles. The molecule has 0 aliphatic carbocycles. The van der Waals surface area contributed by atoms with Crippen molar-refractivity contribution >= 4 is 21.6 Å². The van der Waals surface area contributed by atoms with Gasteiger partial charge < -0.3 is 0 Å². The molecule has 8 heavy (non-hydrogen) atoms. The maximum Gasteiger partial charge on any atom is 0.336 e. The van der Waals surface area contributed by atoms with Crippen molar-refractivity contribution in [2.45, 2.75) is 0 Å². The third-order valence-corrected chi connectivity index (χ3v) is 1.48. The summed E-state index contributed by atoms with van der Waals surface area (Å²) in [5.41, 5.74) is -0.806. The molecule has 5 heteroatoms. The molecule has 42 valence electrons. The molecule has 0 aliphatic rings. The number of rotatable bonds is 1. The Balaban J connectivity index is 2.97. The van der Waals surface area contributed by atoms with Gasteiger partial charge in [0.05, 0.1) is 4.92 Å². The smallest absolute Gasteiger partial charge is 0.281 e. The van der Waals surface area contributed by atoms with E-state index in [0.29, 0.717) is 0 Å². The lowest BCUT2D eigenvalue weighted by atomic mass is 10.9. The molecular weight excluding hydrogens is 178 g/mol. The lowest BCUT2D eigenvalue weighted by Crippen LogP contribution is -1.84. The zero-order valence-electron chi connectivity index (χ0n) is 3.55. The minimum atomic E-state index is -0.702. The average molecular weight is 178 g/mol. The molecule has 0 aromatic heterocycles. The van der Waals surface area contributed by atoms with Crippen molar-refractivity contribution in [2.24, 2.45) is 0 Å². The first-order valence-corrected chi connectivity index (χ1v) is 2.52. The normalized spacial score (nSPS) is 10.1. The van der Waals surface area contributed by atoms with Gasteiger partial charge in [-0.05, 0) is 15.9 Å². The molecule has 0 fully saturated rings.